The second kappa shape index (κ2) is 7.80. The number of nitrogens with one attached hydrogen (secondary N) is 2. The number of terminal acetylenes is 1. The molecule has 0 spiro atoms. The molecule has 1 aliphatic carbocycles. The van der Waals surface area contributed by atoms with Gasteiger partial charge in [-0.2, -0.15) is 0 Å². The molecule has 1 aromatic rings. The molecule has 0 atom stereocenters. The number of hydrogen-bond acceptors (Lipinski definition) is 3. The van der Waals surface area contributed by atoms with Crippen LogP contribution in [-0.2, 0) is 9.59 Å². The van der Waals surface area contributed by atoms with Gasteiger partial charge in [-0.05, 0) is 31.0 Å². The third kappa shape index (κ3) is 5.11. The highest BCUT2D eigenvalue weighted by atomic mass is 16.3. The van der Waals surface area contributed by atoms with Crippen LogP contribution in [0.4, 0.5) is 5.69 Å². The molecule has 1 aliphatic rings. The molecule has 0 radical (unpaired) electrons. The van der Waals surface area contributed by atoms with E-state index in [1.807, 2.05) is 0 Å². The van der Waals surface area contributed by atoms with Gasteiger partial charge in [0.05, 0.1) is 5.60 Å². The van der Waals surface area contributed by atoms with Gasteiger partial charge in [0, 0.05) is 17.8 Å². The Bertz CT molecular complexity index is 611. The summed E-state index contributed by atoms with van der Waals surface area (Å²) >= 11 is 0. The van der Waals surface area contributed by atoms with Crippen molar-refractivity contribution in [1.82, 2.24) is 5.32 Å². The molecule has 2 amide bonds. The van der Waals surface area contributed by atoms with E-state index in [2.05, 4.69) is 16.6 Å². The van der Waals surface area contributed by atoms with E-state index in [-0.39, 0.29) is 6.54 Å². The van der Waals surface area contributed by atoms with Crippen LogP contribution in [-0.4, -0.2) is 29.1 Å². The number of rotatable bonds is 3. The topological polar surface area (TPSA) is 78.4 Å². The predicted molar refractivity (Wildman–Crippen MR) is 88.7 cm³/mol. The summed E-state index contributed by atoms with van der Waals surface area (Å²) in [4.78, 5) is 23.8. The SMILES string of the molecule is C#Cc1cccc(NC(=O)C(=O)NCC2(O)CCCCCC2)c1. The quantitative estimate of drug-likeness (QED) is 0.452. The minimum absolute atomic E-state index is 0.101. The fourth-order valence-corrected chi connectivity index (χ4v) is 2.76. The van der Waals surface area contributed by atoms with Crippen LogP contribution in [0.2, 0.25) is 0 Å². The van der Waals surface area contributed by atoms with E-state index in [4.69, 9.17) is 6.42 Å². The number of carbonyl (C=O) groups is 2. The summed E-state index contributed by atoms with van der Waals surface area (Å²) in [5.41, 5.74) is 0.181. The molecule has 23 heavy (non-hydrogen) atoms. The molecule has 0 bridgehead atoms. The fourth-order valence-electron chi connectivity index (χ4n) is 2.76. The predicted octanol–water partition coefficient (Wildman–Crippen LogP) is 1.81. The average molecular weight is 314 g/mol. The lowest BCUT2D eigenvalue weighted by Crippen LogP contribution is -2.46. The van der Waals surface area contributed by atoms with E-state index in [0.717, 1.165) is 25.7 Å². The molecule has 2 rings (SSSR count). The summed E-state index contributed by atoms with van der Waals surface area (Å²) in [5.74, 6) is 0.941. The van der Waals surface area contributed by atoms with Gasteiger partial charge in [-0.15, -0.1) is 6.42 Å². The Morgan fingerprint density at radius 2 is 1.87 bits per heavy atom. The zero-order valence-electron chi connectivity index (χ0n) is 13.1. The van der Waals surface area contributed by atoms with Crippen LogP contribution >= 0.6 is 0 Å². The Morgan fingerprint density at radius 3 is 2.52 bits per heavy atom. The largest absolute Gasteiger partial charge is 0.388 e. The molecule has 5 heteroatoms. The Labute approximate surface area is 136 Å². The summed E-state index contributed by atoms with van der Waals surface area (Å²) < 4.78 is 0. The zero-order chi connectivity index (χ0) is 16.7. The molecule has 0 unspecified atom stereocenters. The van der Waals surface area contributed by atoms with Crippen molar-refractivity contribution in [2.75, 3.05) is 11.9 Å². The van der Waals surface area contributed by atoms with E-state index in [9.17, 15) is 14.7 Å². The lowest BCUT2D eigenvalue weighted by atomic mass is 9.94. The lowest BCUT2D eigenvalue weighted by Gasteiger charge is -2.26. The van der Waals surface area contributed by atoms with Crippen molar-refractivity contribution in [3.8, 4) is 12.3 Å². The van der Waals surface area contributed by atoms with Crippen LogP contribution in [0.5, 0.6) is 0 Å². The van der Waals surface area contributed by atoms with E-state index in [0.29, 0.717) is 24.1 Å². The van der Waals surface area contributed by atoms with Gasteiger partial charge in [-0.3, -0.25) is 9.59 Å². The second-order valence-electron chi connectivity index (χ2n) is 6.00. The van der Waals surface area contributed by atoms with Gasteiger partial charge < -0.3 is 15.7 Å². The Morgan fingerprint density at radius 1 is 1.17 bits per heavy atom. The number of amides is 2. The molecule has 0 aromatic heterocycles. The van der Waals surface area contributed by atoms with Gasteiger partial charge in [0.15, 0.2) is 0 Å². The van der Waals surface area contributed by atoms with Gasteiger partial charge in [0.1, 0.15) is 0 Å². The molecular weight excluding hydrogens is 292 g/mol. The zero-order valence-corrected chi connectivity index (χ0v) is 13.1. The third-order valence-corrected chi connectivity index (χ3v) is 4.11. The molecule has 1 saturated carbocycles. The maximum Gasteiger partial charge on any atom is 0.313 e. The first-order chi connectivity index (χ1) is 11.0. The molecule has 1 aromatic carbocycles. The molecule has 0 saturated heterocycles. The van der Waals surface area contributed by atoms with Crippen molar-refractivity contribution in [2.24, 2.45) is 0 Å². The number of hydrogen-bond donors (Lipinski definition) is 3. The molecule has 0 heterocycles. The Balaban J connectivity index is 1.87. The minimum Gasteiger partial charge on any atom is -0.388 e. The highest BCUT2D eigenvalue weighted by Gasteiger charge is 2.29. The first-order valence-electron chi connectivity index (χ1n) is 7.91. The second-order valence-corrected chi connectivity index (χ2v) is 6.00. The molecule has 0 aliphatic heterocycles. The lowest BCUT2D eigenvalue weighted by molar-refractivity contribution is -0.136. The van der Waals surface area contributed by atoms with Crippen LogP contribution in [0.15, 0.2) is 24.3 Å². The van der Waals surface area contributed by atoms with Crippen molar-refractivity contribution >= 4 is 17.5 Å². The van der Waals surface area contributed by atoms with Crippen LogP contribution in [0, 0.1) is 12.3 Å². The van der Waals surface area contributed by atoms with Gasteiger partial charge in [-0.1, -0.05) is 37.7 Å². The van der Waals surface area contributed by atoms with E-state index in [1.165, 1.54) is 0 Å². The van der Waals surface area contributed by atoms with E-state index < -0.39 is 17.4 Å². The summed E-state index contributed by atoms with van der Waals surface area (Å²) in [5, 5.41) is 15.5. The van der Waals surface area contributed by atoms with Gasteiger partial charge in [0.25, 0.3) is 0 Å². The number of carbonyl (C=O) groups excluding carboxylic acids is 2. The Kier molecular flexibility index (Phi) is 5.78. The molecular formula is C18H22N2O3. The van der Waals surface area contributed by atoms with Crippen LogP contribution < -0.4 is 10.6 Å². The number of anilines is 1. The number of aliphatic hydroxyl groups is 1. The standard InChI is InChI=1S/C18H22N2O3/c1-2-14-8-7-9-15(12-14)20-17(22)16(21)19-13-18(23)10-5-3-4-6-11-18/h1,7-9,12,23H,3-6,10-11,13H2,(H,19,21)(H,20,22). The van der Waals surface area contributed by atoms with E-state index in [1.54, 1.807) is 24.3 Å². The maximum atomic E-state index is 11.9. The monoisotopic (exact) mass is 314 g/mol. The normalized spacial score (nSPS) is 16.7. The molecule has 1 fully saturated rings. The third-order valence-electron chi connectivity index (χ3n) is 4.11. The smallest absolute Gasteiger partial charge is 0.313 e. The van der Waals surface area contributed by atoms with Crippen LogP contribution in [0.1, 0.15) is 44.1 Å². The van der Waals surface area contributed by atoms with Gasteiger partial charge in [0.2, 0.25) is 0 Å². The van der Waals surface area contributed by atoms with Crippen LogP contribution in [0.3, 0.4) is 0 Å². The van der Waals surface area contributed by atoms with E-state index >= 15 is 0 Å². The highest BCUT2D eigenvalue weighted by molar-refractivity contribution is 6.39. The summed E-state index contributed by atoms with van der Waals surface area (Å²) in [6, 6.07) is 6.71. The molecule has 5 nitrogen and oxygen atoms in total. The fraction of sp³-hybridized carbons (Fsp3) is 0.444. The first kappa shape index (κ1) is 17.0. The van der Waals surface area contributed by atoms with Crippen molar-refractivity contribution in [1.29, 1.82) is 0 Å². The highest BCUT2D eigenvalue weighted by Crippen LogP contribution is 2.26. The van der Waals surface area contributed by atoms with Crippen molar-refractivity contribution in [3.63, 3.8) is 0 Å². The van der Waals surface area contributed by atoms with Crippen molar-refractivity contribution < 1.29 is 14.7 Å². The maximum absolute atomic E-state index is 11.9. The average Bonchev–Trinajstić information content (AvgIpc) is 2.78. The summed E-state index contributed by atoms with van der Waals surface area (Å²) in [7, 11) is 0. The Hall–Kier alpha value is -2.32. The number of benzene rings is 1. The first-order valence-corrected chi connectivity index (χ1v) is 7.91. The minimum atomic E-state index is -0.907. The molecule has 3 N–H and O–H groups in total. The summed E-state index contributed by atoms with van der Waals surface area (Å²) in [6.45, 7) is 0.101. The van der Waals surface area contributed by atoms with Crippen LogP contribution in [0.25, 0.3) is 0 Å². The molecule has 122 valence electrons. The van der Waals surface area contributed by atoms with Crippen molar-refractivity contribution in [3.05, 3.63) is 29.8 Å². The van der Waals surface area contributed by atoms with Crippen molar-refractivity contribution in [2.45, 2.75) is 44.1 Å². The summed E-state index contributed by atoms with van der Waals surface area (Å²) in [6.07, 6.45) is 10.7. The van der Waals surface area contributed by atoms with Gasteiger partial charge in [-0.25, -0.2) is 0 Å². The van der Waals surface area contributed by atoms with Gasteiger partial charge >= 0.3 is 11.8 Å².